The predicted molar refractivity (Wildman–Crippen MR) is 69.1 cm³/mol. The van der Waals surface area contributed by atoms with Crippen LogP contribution in [0.1, 0.15) is 22.7 Å². The van der Waals surface area contributed by atoms with Gasteiger partial charge in [0, 0.05) is 6.08 Å². The van der Waals surface area contributed by atoms with E-state index in [2.05, 4.69) is 18.2 Å². The summed E-state index contributed by atoms with van der Waals surface area (Å²) in [6.45, 7) is 4.08. The highest BCUT2D eigenvalue weighted by Gasteiger charge is 2.13. The Kier molecular flexibility index (Phi) is 4.46. The molecule has 1 aromatic rings. The van der Waals surface area contributed by atoms with Gasteiger partial charge < -0.3 is 5.11 Å². The van der Waals surface area contributed by atoms with Crippen LogP contribution in [0.4, 0.5) is 0 Å². The molecule has 3 heteroatoms. The fourth-order valence-electron chi connectivity index (χ4n) is 1.81. The van der Waals surface area contributed by atoms with Crippen molar-refractivity contribution in [1.29, 1.82) is 0 Å². The number of carboxylic acid groups (broad SMARTS) is 1. The number of carbonyl (C=O) groups is 1. The lowest BCUT2D eigenvalue weighted by molar-refractivity contribution is -0.131. The van der Waals surface area contributed by atoms with E-state index in [0.29, 0.717) is 0 Å². The quantitative estimate of drug-likeness (QED) is 0.812. The van der Waals surface area contributed by atoms with Gasteiger partial charge in [-0.2, -0.15) is 0 Å². The molecule has 1 aromatic carbocycles. The van der Waals surface area contributed by atoms with Crippen molar-refractivity contribution in [2.45, 2.75) is 19.9 Å². The average Bonchev–Trinajstić information content (AvgIpc) is 2.22. The van der Waals surface area contributed by atoms with Gasteiger partial charge in [0.05, 0.1) is 6.04 Å². The zero-order valence-corrected chi connectivity index (χ0v) is 10.8. The summed E-state index contributed by atoms with van der Waals surface area (Å²) < 4.78 is 0. The zero-order chi connectivity index (χ0) is 13.0. The normalized spacial score (nSPS) is 13.2. The van der Waals surface area contributed by atoms with Gasteiger partial charge in [0.2, 0.25) is 0 Å². The molecular formula is C14H19NO2. The molecular weight excluding hydrogens is 214 g/mol. The van der Waals surface area contributed by atoms with E-state index in [1.165, 1.54) is 17.2 Å². The first-order valence-electron chi connectivity index (χ1n) is 5.56. The van der Waals surface area contributed by atoms with E-state index in [4.69, 9.17) is 5.11 Å². The van der Waals surface area contributed by atoms with Gasteiger partial charge in [-0.25, -0.2) is 4.79 Å². The smallest absolute Gasteiger partial charge is 0.328 e. The molecule has 1 atom stereocenters. The summed E-state index contributed by atoms with van der Waals surface area (Å²) in [4.78, 5) is 12.6. The van der Waals surface area contributed by atoms with Gasteiger partial charge in [-0.1, -0.05) is 29.8 Å². The molecule has 0 aliphatic rings. The Labute approximate surface area is 102 Å². The average molecular weight is 233 g/mol. The van der Waals surface area contributed by atoms with Crippen LogP contribution in [-0.2, 0) is 4.79 Å². The highest BCUT2D eigenvalue weighted by atomic mass is 16.4. The molecule has 0 aromatic heterocycles. The van der Waals surface area contributed by atoms with Crippen LogP contribution in [0, 0.1) is 13.8 Å². The number of hydrogen-bond donors (Lipinski definition) is 1. The lowest BCUT2D eigenvalue weighted by atomic mass is 9.98. The molecule has 0 saturated heterocycles. The summed E-state index contributed by atoms with van der Waals surface area (Å²) in [6, 6.07) is 6.22. The summed E-state index contributed by atoms with van der Waals surface area (Å²) >= 11 is 0. The molecule has 0 heterocycles. The molecule has 0 aliphatic carbocycles. The van der Waals surface area contributed by atoms with Crippen molar-refractivity contribution in [1.82, 2.24) is 4.90 Å². The SMILES string of the molecule is Cc1ccc(C)c(C(/C=C/C(=O)O)N(C)C)c1. The van der Waals surface area contributed by atoms with Crippen molar-refractivity contribution in [2.75, 3.05) is 14.1 Å². The zero-order valence-electron chi connectivity index (χ0n) is 10.8. The summed E-state index contributed by atoms with van der Waals surface area (Å²) in [5.74, 6) is -0.915. The van der Waals surface area contributed by atoms with Gasteiger partial charge in [-0.05, 0) is 39.1 Å². The van der Waals surface area contributed by atoms with Gasteiger partial charge in [-0.3, -0.25) is 4.90 Å². The number of hydrogen-bond acceptors (Lipinski definition) is 2. The number of rotatable bonds is 4. The van der Waals surface area contributed by atoms with Crippen LogP contribution in [-0.4, -0.2) is 30.1 Å². The first-order valence-corrected chi connectivity index (χ1v) is 5.56. The van der Waals surface area contributed by atoms with E-state index < -0.39 is 5.97 Å². The van der Waals surface area contributed by atoms with Gasteiger partial charge in [-0.15, -0.1) is 0 Å². The molecule has 92 valence electrons. The van der Waals surface area contributed by atoms with Crippen LogP contribution in [0.15, 0.2) is 30.4 Å². The molecule has 3 nitrogen and oxygen atoms in total. The molecule has 17 heavy (non-hydrogen) atoms. The van der Waals surface area contributed by atoms with Crippen molar-refractivity contribution in [3.8, 4) is 0 Å². The molecule has 0 aliphatic heterocycles. The summed E-state index contributed by atoms with van der Waals surface area (Å²) in [7, 11) is 3.89. The minimum Gasteiger partial charge on any atom is -0.478 e. The molecule has 0 amide bonds. The van der Waals surface area contributed by atoms with Crippen LogP contribution < -0.4 is 0 Å². The van der Waals surface area contributed by atoms with E-state index in [-0.39, 0.29) is 6.04 Å². The second kappa shape index (κ2) is 5.64. The van der Waals surface area contributed by atoms with Crippen molar-refractivity contribution >= 4 is 5.97 Å². The van der Waals surface area contributed by atoms with Crippen molar-refractivity contribution in [3.63, 3.8) is 0 Å². The number of carboxylic acids is 1. The minimum atomic E-state index is -0.915. The predicted octanol–water partition coefficient (Wildman–Crippen LogP) is 2.55. The Morgan fingerprint density at radius 1 is 1.35 bits per heavy atom. The number of likely N-dealkylation sites (N-methyl/N-ethyl adjacent to an activating group) is 1. The maximum absolute atomic E-state index is 10.6. The van der Waals surface area contributed by atoms with Crippen LogP contribution in [0.25, 0.3) is 0 Å². The highest BCUT2D eigenvalue weighted by Crippen LogP contribution is 2.24. The van der Waals surface area contributed by atoms with Crippen LogP contribution in [0.2, 0.25) is 0 Å². The van der Waals surface area contributed by atoms with Crippen molar-refractivity contribution < 1.29 is 9.90 Å². The van der Waals surface area contributed by atoms with E-state index in [9.17, 15) is 4.79 Å². The lowest BCUT2D eigenvalue weighted by Crippen LogP contribution is -2.19. The molecule has 0 bridgehead atoms. The first-order chi connectivity index (χ1) is 7.91. The monoisotopic (exact) mass is 233 g/mol. The Bertz CT molecular complexity index is 436. The van der Waals surface area contributed by atoms with Crippen LogP contribution in [0.3, 0.4) is 0 Å². The highest BCUT2D eigenvalue weighted by molar-refractivity contribution is 5.79. The number of benzene rings is 1. The standard InChI is InChI=1S/C14H19NO2/c1-10-5-6-11(2)12(9-10)13(15(3)4)7-8-14(16)17/h5-9,13H,1-4H3,(H,16,17)/b8-7+. The molecule has 0 saturated carbocycles. The number of aliphatic carboxylic acids is 1. The Morgan fingerprint density at radius 2 is 2.00 bits per heavy atom. The largest absolute Gasteiger partial charge is 0.478 e. The molecule has 1 N–H and O–H groups in total. The van der Waals surface area contributed by atoms with E-state index in [0.717, 1.165) is 5.56 Å². The lowest BCUT2D eigenvalue weighted by Gasteiger charge is -2.23. The fraction of sp³-hybridized carbons (Fsp3) is 0.357. The van der Waals surface area contributed by atoms with Gasteiger partial charge in [0.1, 0.15) is 0 Å². The van der Waals surface area contributed by atoms with Crippen LogP contribution in [0.5, 0.6) is 0 Å². The fourth-order valence-corrected chi connectivity index (χ4v) is 1.81. The molecule has 1 unspecified atom stereocenters. The Morgan fingerprint density at radius 3 is 2.53 bits per heavy atom. The Balaban J connectivity index is 3.13. The van der Waals surface area contributed by atoms with E-state index in [1.807, 2.05) is 32.8 Å². The second-order valence-electron chi connectivity index (χ2n) is 4.47. The topological polar surface area (TPSA) is 40.5 Å². The first kappa shape index (κ1) is 13.5. The summed E-state index contributed by atoms with van der Waals surface area (Å²) in [5.41, 5.74) is 3.50. The van der Waals surface area contributed by atoms with Crippen molar-refractivity contribution in [3.05, 3.63) is 47.0 Å². The van der Waals surface area contributed by atoms with Crippen molar-refractivity contribution in [2.24, 2.45) is 0 Å². The maximum Gasteiger partial charge on any atom is 0.328 e. The maximum atomic E-state index is 10.6. The van der Waals surface area contributed by atoms with Crippen LogP contribution >= 0.6 is 0 Å². The van der Waals surface area contributed by atoms with Gasteiger partial charge >= 0.3 is 5.97 Å². The summed E-state index contributed by atoms with van der Waals surface area (Å²) in [5, 5.41) is 8.71. The third-order valence-corrected chi connectivity index (χ3v) is 2.73. The number of nitrogens with zero attached hydrogens (tertiary/aromatic N) is 1. The Hall–Kier alpha value is -1.61. The van der Waals surface area contributed by atoms with Gasteiger partial charge in [0.15, 0.2) is 0 Å². The second-order valence-corrected chi connectivity index (χ2v) is 4.47. The third kappa shape index (κ3) is 3.71. The van der Waals surface area contributed by atoms with E-state index in [1.54, 1.807) is 6.08 Å². The summed E-state index contributed by atoms with van der Waals surface area (Å²) in [6.07, 6.45) is 2.91. The molecule has 1 rings (SSSR count). The van der Waals surface area contributed by atoms with E-state index >= 15 is 0 Å². The minimum absolute atomic E-state index is 0.00833. The molecule has 0 spiro atoms. The number of aryl methyl sites for hydroxylation is 2. The van der Waals surface area contributed by atoms with Gasteiger partial charge in [0.25, 0.3) is 0 Å². The molecule has 0 radical (unpaired) electrons. The molecule has 0 fully saturated rings. The third-order valence-electron chi connectivity index (χ3n) is 2.73.